The molecule has 0 spiro atoms. The fourth-order valence-corrected chi connectivity index (χ4v) is 7.22. The maximum absolute atomic E-state index is 14.1. The zero-order chi connectivity index (χ0) is 27.7. The quantitative estimate of drug-likeness (QED) is 0.232. The third-order valence-corrected chi connectivity index (χ3v) is 9.28. The fraction of sp³-hybridized carbons (Fsp3) is 0.367. The van der Waals surface area contributed by atoms with Crippen molar-refractivity contribution in [1.29, 1.82) is 0 Å². The van der Waals surface area contributed by atoms with Gasteiger partial charge in [0.15, 0.2) is 5.78 Å². The Morgan fingerprint density at radius 3 is 2.56 bits per heavy atom. The van der Waals surface area contributed by atoms with E-state index in [9.17, 15) is 14.4 Å². The highest BCUT2D eigenvalue weighted by atomic mass is 35.5. The van der Waals surface area contributed by atoms with Crippen LogP contribution in [0.15, 0.2) is 53.9 Å². The second-order valence-electron chi connectivity index (χ2n) is 10.3. The van der Waals surface area contributed by atoms with E-state index in [1.54, 1.807) is 29.6 Å². The lowest BCUT2D eigenvalue weighted by molar-refractivity contribution is -0.138. The number of halogens is 2. The van der Waals surface area contributed by atoms with Gasteiger partial charge < -0.3 is 4.90 Å². The number of carbonyl (C=O) groups excluding carboxylic acids is 3. The molecule has 204 valence electrons. The number of amides is 2. The molecule has 4 atom stereocenters. The minimum Gasteiger partial charge on any atom is -0.327 e. The van der Waals surface area contributed by atoms with E-state index in [4.69, 9.17) is 28.0 Å². The van der Waals surface area contributed by atoms with Crippen LogP contribution in [0.1, 0.15) is 88.2 Å². The smallest absolute Gasteiger partial charge is 0.254 e. The van der Waals surface area contributed by atoms with Crippen LogP contribution < -0.4 is 5.48 Å². The lowest BCUT2D eigenvalue weighted by Gasteiger charge is -2.48. The molecular formula is C30H30Cl2N2O4S. The molecule has 0 saturated heterocycles. The predicted octanol–water partition coefficient (Wildman–Crippen LogP) is 7.36. The number of benzene rings is 2. The molecule has 1 aliphatic heterocycles. The van der Waals surface area contributed by atoms with Gasteiger partial charge in [-0.3, -0.25) is 19.2 Å². The van der Waals surface area contributed by atoms with Crippen molar-refractivity contribution in [3.8, 4) is 0 Å². The topological polar surface area (TPSA) is 75.7 Å². The first-order valence-electron chi connectivity index (χ1n) is 13.1. The van der Waals surface area contributed by atoms with Gasteiger partial charge in [-0.05, 0) is 61.1 Å². The second kappa shape index (κ2) is 11.8. The first kappa shape index (κ1) is 27.8. The number of nitrogens with one attached hydrogen (secondary N) is 1. The molecule has 0 bridgehead atoms. The minimum atomic E-state index is -0.761. The van der Waals surface area contributed by atoms with Gasteiger partial charge in [0.2, 0.25) is 0 Å². The molecule has 3 aromatic rings. The summed E-state index contributed by atoms with van der Waals surface area (Å²) in [6.45, 7) is 3.80. The van der Waals surface area contributed by atoms with Crippen LogP contribution in [0.5, 0.6) is 0 Å². The number of ketones is 1. The van der Waals surface area contributed by atoms with Gasteiger partial charge in [-0.1, -0.05) is 67.2 Å². The van der Waals surface area contributed by atoms with Gasteiger partial charge in [0, 0.05) is 37.5 Å². The number of Topliss-reactive ketones (excluding diaryl/α,β-unsaturated/α-hetero) is 1. The zero-order valence-electron chi connectivity index (χ0n) is 21.8. The number of hydrogen-bond donors (Lipinski definition) is 1. The van der Waals surface area contributed by atoms with Crippen molar-refractivity contribution in [3.63, 3.8) is 0 Å². The van der Waals surface area contributed by atoms with Gasteiger partial charge in [0.05, 0.1) is 12.0 Å². The Labute approximate surface area is 242 Å². The van der Waals surface area contributed by atoms with Gasteiger partial charge in [-0.25, -0.2) is 5.48 Å². The van der Waals surface area contributed by atoms with Crippen molar-refractivity contribution in [1.82, 2.24) is 10.4 Å². The van der Waals surface area contributed by atoms with E-state index < -0.39 is 12.0 Å². The van der Waals surface area contributed by atoms with Crippen LogP contribution in [0.2, 0.25) is 10.0 Å². The number of rotatable bonds is 7. The van der Waals surface area contributed by atoms with Crippen LogP contribution >= 0.6 is 34.5 Å². The SMILES string of the molecule is CC(=O)c1csc(CONC(=O)[C@H]2c3ccccc3C(=O)N([C@@H]3CCCC[C@H]3C)[C@@H]2c2ccc(Cl)cc2Cl)c1. The molecule has 2 aromatic carbocycles. The molecule has 1 aliphatic carbocycles. The zero-order valence-corrected chi connectivity index (χ0v) is 24.1. The molecule has 1 fully saturated rings. The normalized spacial score (nSPS) is 22.9. The van der Waals surface area contributed by atoms with E-state index >= 15 is 0 Å². The highest BCUT2D eigenvalue weighted by Gasteiger charge is 2.48. The molecular weight excluding hydrogens is 555 g/mol. The number of thiophene rings is 1. The van der Waals surface area contributed by atoms with Crippen LogP contribution in [0.4, 0.5) is 0 Å². The average Bonchev–Trinajstić information content (AvgIpc) is 3.39. The van der Waals surface area contributed by atoms with Crippen LogP contribution in [0, 0.1) is 5.92 Å². The van der Waals surface area contributed by atoms with Gasteiger partial charge >= 0.3 is 0 Å². The Bertz CT molecular complexity index is 1410. The summed E-state index contributed by atoms with van der Waals surface area (Å²) in [6, 6.07) is 13.6. The Kier molecular flexibility index (Phi) is 8.43. The van der Waals surface area contributed by atoms with Crippen molar-refractivity contribution >= 4 is 52.1 Å². The van der Waals surface area contributed by atoms with Crippen molar-refractivity contribution in [2.24, 2.45) is 5.92 Å². The number of fused-ring (bicyclic) bond motifs is 1. The van der Waals surface area contributed by atoms with Crippen LogP contribution in [0.25, 0.3) is 0 Å². The molecule has 2 heterocycles. The monoisotopic (exact) mass is 584 g/mol. The van der Waals surface area contributed by atoms with E-state index in [0.717, 1.165) is 30.6 Å². The Balaban J connectivity index is 1.53. The Morgan fingerprint density at radius 1 is 1.08 bits per heavy atom. The van der Waals surface area contributed by atoms with E-state index in [0.29, 0.717) is 32.3 Å². The molecule has 9 heteroatoms. The third kappa shape index (κ3) is 5.64. The maximum atomic E-state index is 14.1. The maximum Gasteiger partial charge on any atom is 0.254 e. The highest BCUT2D eigenvalue weighted by Crippen LogP contribution is 2.48. The molecule has 0 unspecified atom stereocenters. The lowest BCUT2D eigenvalue weighted by atomic mass is 9.75. The first-order valence-corrected chi connectivity index (χ1v) is 14.8. The summed E-state index contributed by atoms with van der Waals surface area (Å²) in [4.78, 5) is 48.1. The summed E-state index contributed by atoms with van der Waals surface area (Å²) in [5.74, 6) is -0.980. The molecule has 6 nitrogen and oxygen atoms in total. The van der Waals surface area contributed by atoms with Crippen LogP contribution in [0.3, 0.4) is 0 Å². The fourth-order valence-electron chi connectivity index (χ4n) is 5.86. The molecule has 1 saturated carbocycles. The second-order valence-corrected chi connectivity index (χ2v) is 12.2. The number of carbonyl (C=O) groups is 3. The van der Waals surface area contributed by atoms with Crippen LogP contribution in [-0.4, -0.2) is 28.5 Å². The van der Waals surface area contributed by atoms with Gasteiger partial charge in [0.25, 0.3) is 11.8 Å². The van der Waals surface area contributed by atoms with Crippen LogP contribution in [-0.2, 0) is 16.2 Å². The Hall–Kier alpha value is -2.71. The lowest BCUT2D eigenvalue weighted by Crippen LogP contribution is -2.53. The highest BCUT2D eigenvalue weighted by molar-refractivity contribution is 7.10. The number of hydroxylamine groups is 1. The van der Waals surface area contributed by atoms with Crippen molar-refractivity contribution in [2.45, 2.75) is 64.1 Å². The minimum absolute atomic E-state index is 0.0234. The van der Waals surface area contributed by atoms with E-state index in [-0.39, 0.29) is 36.2 Å². The molecule has 2 amide bonds. The van der Waals surface area contributed by atoms with E-state index in [2.05, 4.69) is 12.4 Å². The molecule has 1 N–H and O–H groups in total. The third-order valence-electron chi connectivity index (χ3n) is 7.81. The molecule has 2 aliphatic rings. The first-order chi connectivity index (χ1) is 18.8. The molecule has 1 aromatic heterocycles. The largest absolute Gasteiger partial charge is 0.327 e. The summed E-state index contributed by atoms with van der Waals surface area (Å²) in [7, 11) is 0. The summed E-state index contributed by atoms with van der Waals surface area (Å²) in [5, 5.41) is 2.66. The van der Waals surface area contributed by atoms with Gasteiger partial charge in [0.1, 0.15) is 6.61 Å². The average molecular weight is 586 g/mol. The van der Waals surface area contributed by atoms with Gasteiger partial charge in [-0.15, -0.1) is 11.3 Å². The molecule has 39 heavy (non-hydrogen) atoms. The van der Waals surface area contributed by atoms with Gasteiger partial charge in [-0.2, -0.15) is 0 Å². The van der Waals surface area contributed by atoms with E-state index in [1.165, 1.54) is 18.3 Å². The molecule has 0 radical (unpaired) electrons. The summed E-state index contributed by atoms with van der Waals surface area (Å²) < 4.78 is 0. The Morgan fingerprint density at radius 2 is 1.85 bits per heavy atom. The van der Waals surface area contributed by atoms with Crippen molar-refractivity contribution in [2.75, 3.05) is 0 Å². The summed E-state index contributed by atoms with van der Waals surface area (Å²) in [5.41, 5.74) is 5.07. The number of nitrogens with zero attached hydrogens (tertiary/aromatic N) is 1. The summed E-state index contributed by atoms with van der Waals surface area (Å²) in [6.07, 6.45) is 4.01. The van der Waals surface area contributed by atoms with E-state index in [1.807, 2.05) is 29.2 Å². The number of hydrogen-bond acceptors (Lipinski definition) is 5. The summed E-state index contributed by atoms with van der Waals surface area (Å²) >= 11 is 14.4. The predicted molar refractivity (Wildman–Crippen MR) is 153 cm³/mol. The molecule has 5 rings (SSSR count). The van der Waals surface area contributed by atoms with Crippen molar-refractivity contribution < 1.29 is 19.2 Å². The standard InChI is InChI=1S/C30H30Cl2N2O4S/c1-17-7-3-6-10-26(17)34-28(24-12-11-20(31)14-25(24)32)27(22-8-4-5-9-23(22)30(34)37)29(36)33-38-15-21-13-19(16-39-21)18(2)35/h4-5,8-9,11-14,16-17,26-28H,3,6-7,10,15H2,1-2H3,(H,33,36)/t17-,26-,27+,28-/m1/s1. The van der Waals surface area contributed by atoms with Crippen molar-refractivity contribution in [3.05, 3.63) is 91.1 Å².